The largest absolute Gasteiger partial charge is 0.490 e. The summed E-state index contributed by atoms with van der Waals surface area (Å²) < 4.78 is 39.1. The number of nitrogens with one attached hydrogen (secondary N) is 1. The molecule has 8 heteroatoms. The Morgan fingerprint density at radius 2 is 1.93 bits per heavy atom. The maximum Gasteiger partial charge on any atom is 0.248 e. The number of furan rings is 1. The number of hydrogen-bond donors (Lipinski definition) is 2. The Kier molecular flexibility index (Phi) is 5.20. The van der Waals surface area contributed by atoms with Gasteiger partial charge in [-0.05, 0) is 50.2 Å². The second kappa shape index (κ2) is 7.42. The van der Waals surface area contributed by atoms with Crippen molar-refractivity contribution < 1.29 is 22.4 Å². The normalized spacial score (nSPS) is 12.8. The molecule has 0 radical (unpaired) electrons. The lowest BCUT2D eigenvalue weighted by molar-refractivity contribution is 0.1000. The van der Waals surface area contributed by atoms with E-state index in [-0.39, 0.29) is 10.5 Å². The highest BCUT2D eigenvalue weighted by Gasteiger charge is 2.22. The minimum absolute atomic E-state index is 0.0328. The van der Waals surface area contributed by atoms with Crippen LogP contribution in [0, 0.1) is 0 Å². The molecule has 1 amide bonds. The highest BCUT2D eigenvalue weighted by molar-refractivity contribution is 7.89. The smallest absolute Gasteiger partial charge is 0.248 e. The number of amides is 1. The van der Waals surface area contributed by atoms with E-state index in [4.69, 9.17) is 14.9 Å². The van der Waals surface area contributed by atoms with E-state index < -0.39 is 22.0 Å². The number of para-hydroxylation sites is 1. The Labute approximate surface area is 157 Å². The number of rotatable bonds is 7. The maximum atomic E-state index is 12.6. The van der Waals surface area contributed by atoms with E-state index in [1.807, 2.05) is 19.1 Å². The Bertz CT molecular complexity index is 1070. The van der Waals surface area contributed by atoms with Crippen LogP contribution in [0.5, 0.6) is 5.75 Å². The van der Waals surface area contributed by atoms with E-state index in [1.54, 1.807) is 19.1 Å². The number of sulfonamides is 1. The molecule has 3 rings (SSSR count). The van der Waals surface area contributed by atoms with Crippen LogP contribution in [0.3, 0.4) is 0 Å². The van der Waals surface area contributed by atoms with Crippen molar-refractivity contribution in [2.24, 2.45) is 5.73 Å². The molecule has 0 spiro atoms. The predicted octanol–water partition coefficient (Wildman–Crippen LogP) is 2.97. The molecule has 7 nitrogen and oxygen atoms in total. The molecular weight excluding hydrogens is 368 g/mol. The molecule has 0 saturated carbocycles. The lowest BCUT2D eigenvalue weighted by atomic mass is 10.2. The predicted molar refractivity (Wildman–Crippen MR) is 101 cm³/mol. The second-order valence-electron chi connectivity index (χ2n) is 5.99. The zero-order valence-corrected chi connectivity index (χ0v) is 15.7. The molecule has 0 saturated heterocycles. The van der Waals surface area contributed by atoms with Crippen LogP contribution in [-0.2, 0) is 10.0 Å². The quantitative estimate of drug-likeness (QED) is 0.646. The van der Waals surface area contributed by atoms with Gasteiger partial charge in [0.05, 0.1) is 17.5 Å². The first-order valence-electron chi connectivity index (χ1n) is 8.39. The second-order valence-corrected chi connectivity index (χ2v) is 7.70. The molecule has 3 N–H and O–H groups in total. The molecule has 1 aromatic heterocycles. The van der Waals surface area contributed by atoms with Crippen molar-refractivity contribution in [1.82, 2.24) is 4.72 Å². The van der Waals surface area contributed by atoms with Gasteiger partial charge in [-0.1, -0.05) is 12.1 Å². The summed E-state index contributed by atoms with van der Waals surface area (Å²) in [7, 11) is -3.80. The third-order valence-electron chi connectivity index (χ3n) is 4.03. The average molecular weight is 388 g/mol. The van der Waals surface area contributed by atoms with Crippen LogP contribution in [0.15, 0.2) is 57.8 Å². The van der Waals surface area contributed by atoms with Crippen molar-refractivity contribution >= 4 is 26.9 Å². The van der Waals surface area contributed by atoms with Gasteiger partial charge in [0.2, 0.25) is 15.9 Å². The number of ether oxygens (including phenoxy) is 1. The molecule has 0 aliphatic heterocycles. The van der Waals surface area contributed by atoms with Crippen molar-refractivity contribution in [1.29, 1.82) is 0 Å². The number of nitrogens with two attached hydrogens (primary N) is 1. The minimum Gasteiger partial charge on any atom is -0.490 e. The van der Waals surface area contributed by atoms with Gasteiger partial charge in [-0.15, -0.1) is 0 Å². The highest BCUT2D eigenvalue weighted by atomic mass is 32.2. The molecule has 1 atom stereocenters. The first-order chi connectivity index (χ1) is 12.8. The van der Waals surface area contributed by atoms with Crippen molar-refractivity contribution in [3.63, 3.8) is 0 Å². The van der Waals surface area contributed by atoms with Crippen LogP contribution < -0.4 is 15.2 Å². The number of carbonyl (C=O) groups excluding carboxylic acids is 1. The zero-order valence-electron chi connectivity index (χ0n) is 14.9. The fourth-order valence-electron chi connectivity index (χ4n) is 2.70. The van der Waals surface area contributed by atoms with E-state index in [0.717, 1.165) is 5.39 Å². The first-order valence-corrected chi connectivity index (χ1v) is 9.87. The molecule has 2 aromatic carbocycles. The maximum absolute atomic E-state index is 12.6. The summed E-state index contributed by atoms with van der Waals surface area (Å²) in [4.78, 5) is 11.2. The first kappa shape index (κ1) is 18.9. The lowest BCUT2D eigenvalue weighted by Gasteiger charge is -2.12. The zero-order chi connectivity index (χ0) is 19.6. The summed E-state index contributed by atoms with van der Waals surface area (Å²) in [5, 5.41) is 0.827. The van der Waals surface area contributed by atoms with Crippen LogP contribution in [0.2, 0.25) is 0 Å². The van der Waals surface area contributed by atoms with Gasteiger partial charge in [0.25, 0.3) is 0 Å². The standard InChI is InChI=1S/C19H20N2O5S/c1-3-25-16-6-4-5-14-11-17(26-18(14)16)12(2)21-27(23,24)15-9-7-13(8-10-15)19(20)22/h4-12,21H,3H2,1-2H3,(H2,20,22). The van der Waals surface area contributed by atoms with Crippen molar-refractivity contribution in [2.45, 2.75) is 24.8 Å². The summed E-state index contributed by atoms with van der Waals surface area (Å²) in [6, 6.07) is 12.1. The molecule has 0 aliphatic carbocycles. The van der Waals surface area contributed by atoms with Crippen LogP contribution >= 0.6 is 0 Å². The summed E-state index contributed by atoms with van der Waals surface area (Å²) in [6.45, 7) is 4.06. The molecule has 0 fully saturated rings. The summed E-state index contributed by atoms with van der Waals surface area (Å²) in [5.74, 6) is 0.459. The van der Waals surface area contributed by atoms with Gasteiger partial charge < -0.3 is 14.9 Å². The van der Waals surface area contributed by atoms with Crippen molar-refractivity contribution in [3.8, 4) is 5.75 Å². The van der Waals surface area contributed by atoms with Crippen LogP contribution in [0.1, 0.15) is 36.0 Å². The molecule has 0 bridgehead atoms. The summed E-state index contributed by atoms with van der Waals surface area (Å²) in [6.07, 6.45) is 0. The van der Waals surface area contributed by atoms with Crippen LogP contribution in [0.4, 0.5) is 0 Å². The molecule has 3 aromatic rings. The van der Waals surface area contributed by atoms with Crippen molar-refractivity contribution in [3.05, 3.63) is 59.9 Å². The van der Waals surface area contributed by atoms with Gasteiger partial charge in [0.15, 0.2) is 11.3 Å². The number of fused-ring (bicyclic) bond motifs is 1. The van der Waals surface area contributed by atoms with E-state index in [2.05, 4.69) is 4.72 Å². The number of carbonyl (C=O) groups is 1. The molecular formula is C19H20N2O5S. The van der Waals surface area contributed by atoms with Gasteiger partial charge in [0, 0.05) is 10.9 Å². The number of benzene rings is 2. The van der Waals surface area contributed by atoms with Crippen LogP contribution in [0.25, 0.3) is 11.0 Å². The van der Waals surface area contributed by atoms with Gasteiger partial charge in [0.1, 0.15) is 5.76 Å². The SMILES string of the molecule is CCOc1cccc2cc(C(C)NS(=O)(=O)c3ccc(C(N)=O)cc3)oc12. The fraction of sp³-hybridized carbons (Fsp3) is 0.211. The minimum atomic E-state index is -3.80. The third kappa shape index (κ3) is 3.96. The van der Waals surface area contributed by atoms with E-state index >= 15 is 0 Å². The molecule has 1 heterocycles. The Morgan fingerprint density at radius 3 is 2.56 bits per heavy atom. The number of primary amides is 1. The molecule has 142 valence electrons. The molecule has 0 aliphatic rings. The van der Waals surface area contributed by atoms with Gasteiger partial charge >= 0.3 is 0 Å². The molecule has 27 heavy (non-hydrogen) atoms. The average Bonchev–Trinajstić information content (AvgIpc) is 3.07. The fourth-order valence-corrected chi connectivity index (χ4v) is 3.91. The number of hydrogen-bond acceptors (Lipinski definition) is 5. The monoisotopic (exact) mass is 388 g/mol. The summed E-state index contributed by atoms with van der Waals surface area (Å²) in [5.41, 5.74) is 5.99. The van der Waals surface area contributed by atoms with Gasteiger partial charge in [-0.25, -0.2) is 13.1 Å². The third-order valence-corrected chi connectivity index (χ3v) is 5.59. The highest BCUT2D eigenvalue weighted by Crippen LogP contribution is 2.31. The Hall–Kier alpha value is -2.84. The van der Waals surface area contributed by atoms with E-state index in [1.165, 1.54) is 24.3 Å². The topological polar surface area (TPSA) is 112 Å². The summed E-state index contributed by atoms with van der Waals surface area (Å²) >= 11 is 0. The van der Waals surface area contributed by atoms with Crippen molar-refractivity contribution in [2.75, 3.05) is 6.61 Å². The lowest BCUT2D eigenvalue weighted by Crippen LogP contribution is -2.26. The van der Waals surface area contributed by atoms with Crippen LogP contribution in [-0.4, -0.2) is 20.9 Å². The van der Waals surface area contributed by atoms with E-state index in [9.17, 15) is 13.2 Å². The van der Waals surface area contributed by atoms with Gasteiger partial charge in [-0.3, -0.25) is 4.79 Å². The Morgan fingerprint density at radius 1 is 1.22 bits per heavy atom. The molecule has 1 unspecified atom stereocenters. The van der Waals surface area contributed by atoms with E-state index in [0.29, 0.717) is 23.7 Å². The Balaban J connectivity index is 1.85. The van der Waals surface area contributed by atoms with Gasteiger partial charge in [-0.2, -0.15) is 0 Å².